The van der Waals surface area contributed by atoms with Crippen molar-refractivity contribution >= 4 is 45.3 Å². The minimum absolute atomic E-state index is 0.177. The number of benzene rings is 1. The van der Waals surface area contributed by atoms with Crippen molar-refractivity contribution in [1.82, 2.24) is 0 Å². The molecule has 2 heterocycles. The highest BCUT2D eigenvalue weighted by atomic mass is 32.1. The molecule has 0 unspecified atom stereocenters. The Morgan fingerprint density at radius 3 is 2.85 bits per heavy atom. The second-order valence-corrected chi connectivity index (χ2v) is 8.05. The molecule has 0 amide bonds. The largest absolute Gasteiger partial charge is 0.465 e. The minimum atomic E-state index is -0.383. The fourth-order valence-corrected chi connectivity index (χ4v) is 4.74. The highest BCUT2D eigenvalue weighted by Crippen LogP contribution is 2.35. The smallest absolute Gasteiger partial charge is 0.341 e. The van der Waals surface area contributed by atoms with Gasteiger partial charge < -0.3 is 15.0 Å². The van der Waals surface area contributed by atoms with Crippen LogP contribution in [0.15, 0.2) is 18.2 Å². The molecule has 1 aliphatic heterocycles. The summed E-state index contributed by atoms with van der Waals surface area (Å²) in [5.74, 6) is -0.624. The van der Waals surface area contributed by atoms with E-state index in [0.29, 0.717) is 15.7 Å². The first-order valence-corrected chi connectivity index (χ1v) is 9.63. The maximum atomic E-state index is 13.6. The average Bonchev–Trinajstić information content (AvgIpc) is 2.88. The van der Waals surface area contributed by atoms with Crippen molar-refractivity contribution in [2.45, 2.75) is 39.7 Å². The van der Waals surface area contributed by atoms with Crippen LogP contribution in [0.3, 0.4) is 0 Å². The number of fused-ring (bicyclic) bond motifs is 1. The molecule has 1 atom stereocenters. The zero-order chi connectivity index (χ0) is 19.0. The van der Waals surface area contributed by atoms with Gasteiger partial charge in [-0.3, -0.25) is 0 Å². The van der Waals surface area contributed by atoms with Crippen LogP contribution in [-0.4, -0.2) is 24.2 Å². The molecule has 0 spiro atoms. The lowest BCUT2D eigenvalue weighted by atomic mass is 9.97. The predicted molar refractivity (Wildman–Crippen MR) is 108 cm³/mol. The van der Waals surface area contributed by atoms with Gasteiger partial charge in [-0.2, -0.15) is 0 Å². The molecule has 3 rings (SSSR count). The lowest BCUT2D eigenvalue weighted by Gasteiger charge is -2.37. The number of aryl methyl sites for hydroxylation is 2. The number of methoxy groups -OCH3 is 1. The number of ether oxygens (including phenoxy) is 1. The Balaban J connectivity index is 1.94. The van der Waals surface area contributed by atoms with Crippen LogP contribution in [0.25, 0.3) is 0 Å². The number of esters is 1. The second-order valence-electron chi connectivity index (χ2n) is 6.44. The third kappa shape index (κ3) is 3.33. The van der Waals surface area contributed by atoms with E-state index in [2.05, 4.69) is 12.2 Å². The fourth-order valence-electron chi connectivity index (χ4n) is 3.25. The van der Waals surface area contributed by atoms with Gasteiger partial charge in [-0.05, 0) is 75.2 Å². The molecule has 2 aromatic rings. The van der Waals surface area contributed by atoms with Crippen molar-refractivity contribution in [3.05, 3.63) is 45.6 Å². The summed E-state index contributed by atoms with van der Waals surface area (Å²) in [7, 11) is 1.37. The molecule has 138 valence electrons. The standard InChI is InChI=1S/C19H21FN2O2S2/c1-10-5-6-13-9-14(20)7-8-15(13)22(10)19(25)21-17-16(18(23)24-4)11(2)12(3)26-17/h7-10H,5-6H2,1-4H3,(H,21,25)/t10-/m0/s1. The SMILES string of the molecule is COC(=O)c1c(NC(=S)N2c3ccc(F)cc3CC[C@@H]2C)sc(C)c1C. The van der Waals surface area contributed by atoms with Crippen LogP contribution in [0.4, 0.5) is 15.1 Å². The summed E-state index contributed by atoms with van der Waals surface area (Å²) < 4.78 is 18.5. The molecule has 26 heavy (non-hydrogen) atoms. The highest BCUT2D eigenvalue weighted by molar-refractivity contribution is 7.80. The Morgan fingerprint density at radius 2 is 2.15 bits per heavy atom. The zero-order valence-corrected chi connectivity index (χ0v) is 16.8. The molecule has 0 fully saturated rings. The molecule has 0 saturated carbocycles. The van der Waals surface area contributed by atoms with Gasteiger partial charge in [0, 0.05) is 16.6 Å². The van der Waals surface area contributed by atoms with Crippen LogP contribution >= 0.6 is 23.6 Å². The van der Waals surface area contributed by atoms with E-state index in [4.69, 9.17) is 17.0 Å². The van der Waals surface area contributed by atoms with Gasteiger partial charge in [0.25, 0.3) is 0 Å². The molecular weight excluding hydrogens is 371 g/mol. The number of rotatable bonds is 2. The average molecular weight is 393 g/mol. The predicted octanol–water partition coefficient (Wildman–Crippen LogP) is 4.83. The first-order chi connectivity index (χ1) is 12.3. The van der Waals surface area contributed by atoms with Crippen molar-refractivity contribution < 1.29 is 13.9 Å². The van der Waals surface area contributed by atoms with Crippen molar-refractivity contribution in [2.75, 3.05) is 17.3 Å². The number of nitrogens with one attached hydrogen (secondary N) is 1. The quantitative estimate of drug-likeness (QED) is 0.586. The topological polar surface area (TPSA) is 41.6 Å². The Morgan fingerprint density at radius 1 is 1.42 bits per heavy atom. The molecule has 0 aliphatic carbocycles. The first-order valence-electron chi connectivity index (χ1n) is 8.40. The summed E-state index contributed by atoms with van der Waals surface area (Å²) in [6.07, 6.45) is 1.70. The number of hydrogen-bond acceptors (Lipinski definition) is 4. The van der Waals surface area contributed by atoms with E-state index in [-0.39, 0.29) is 17.8 Å². The van der Waals surface area contributed by atoms with Crippen molar-refractivity contribution in [3.63, 3.8) is 0 Å². The number of hydrogen-bond donors (Lipinski definition) is 1. The summed E-state index contributed by atoms with van der Waals surface area (Å²) in [6.45, 7) is 5.95. The molecular formula is C19H21FN2O2S2. The summed E-state index contributed by atoms with van der Waals surface area (Å²) in [5.41, 5.74) is 3.26. The van der Waals surface area contributed by atoms with E-state index >= 15 is 0 Å². The van der Waals surface area contributed by atoms with Crippen molar-refractivity contribution in [3.8, 4) is 0 Å². The minimum Gasteiger partial charge on any atom is -0.465 e. The molecule has 0 bridgehead atoms. The van der Waals surface area contributed by atoms with Gasteiger partial charge in [0.05, 0.1) is 12.7 Å². The number of carbonyl (C=O) groups excluding carboxylic acids is 1. The van der Waals surface area contributed by atoms with Crippen LogP contribution in [-0.2, 0) is 11.2 Å². The van der Waals surface area contributed by atoms with Crippen LogP contribution in [0.5, 0.6) is 0 Å². The van der Waals surface area contributed by atoms with Gasteiger partial charge in [0.15, 0.2) is 5.11 Å². The molecule has 7 heteroatoms. The van der Waals surface area contributed by atoms with Crippen LogP contribution in [0.1, 0.15) is 39.7 Å². The number of thiocarbonyl (C=S) groups is 1. The van der Waals surface area contributed by atoms with E-state index in [0.717, 1.165) is 34.5 Å². The maximum Gasteiger partial charge on any atom is 0.341 e. The van der Waals surface area contributed by atoms with E-state index in [9.17, 15) is 9.18 Å². The highest BCUT2D eigenvalue weighted by Gasteiger charge is 2.28. The molecule has 4 nitrogen and oxygen atoms in total. The number of carbonyl (C=O) groups is 1. The molecule has 1 aromatic carbocycles. The first kappa shape index (κ1) is 18.8. The zero-order valence-electron chi connectivity index (χ0n) is 15.2. The second kappa shape index (κ2) is 7.32. The normalized spacial score (nSPS) is 16.2. The van der Waals surface area contributed by atoms with Crippen LogP contribution < -0.4 is 10.2 Å². The van der Waals surface area contributed by atoms with Gasteiger partial charge >= 0.3 is 5.97 Å². The lowest BCUT2D eigenvalue weighted by Crippen LogP contribution is -2.44. The van der Waals surface area contributed by atoms with Crippen molar-refractivity contribution in [2.24, 2.45) is 0 Å². The lowest BCUT2D eigenvalue weighted by molar-refractivity contribution is 0.0601. The Kier molecular flexibility index (Phi) is 5.29. The number of thiophene rings is 1. The van der Waals surface area contributed by atoms with Crippen molar-refractivity contribution in [1.29, 1.82) is 0 Å². The van der Waals surface area contributed by atoms with E-state index < -0.39 is 0 Å². The van der Waals surface area contributed by atoms with E-state index in [1.165, 1.54) is 24.5 Å². The number of halogens is 1. The Bertz CT molecular complexity index is 879. The molecule has 1 aromatic heterocycles. The Hall–Kier alpha value is -1.99. The van der Waals surface area contributed by atoms with Gasteiger partial charge in [-0.1, -0.05) is 0 Å². The Labute approximate surface area is 162 Å². The van der Waals surface area contributed by atoms with E-state index in [1.54, 1.807) is 12.1 Å². The van der Waals surface area contributed by atoms with Gasteiger partial charge in [0.2, 0.25) is 0 Å². The van der Waals surface area contributed by atoms with Gasteiger partial charge in [-0.25, -0.2) is 9.18 Å². The molecule has 0 saturated heterocycles. The number of anilines is 2. The van der Waals surface area contributed by atoms with E-state index in [1.807, 2.05) is 18.7 Å². The molecule has 0 radical (unpaired) electrons. The summed E-state index contributed by atoms with van der Waals surface area (Å²) >= 11 is 7.13. The maximum absolute atomic E-state index is 13.6. The third-order valence-electron chi connectivity index (χ3n) is 4.79. The monoisotopic (exact) mass is 392 g/mol. The fraction of sp³-hybridized carbons (Fsp3) is 0.368. The third-order valence-corrected chi connectivity index (χ3v) is 6.21. The van der Waals surface area contributed by atoms with Crippen LogP contribution in [0, 0.1) is 19.7 Å². The molecule has 1 N–H and O–H groups in total. The summed E-state index contributed by atoms with van der Waals surface area (Å²) in [4.78, 5) is 15.2. The van der Waals surface area contributed by atoms with Gasteiger partial charge in [-0.15, -0.1) is 11.3 Å². The summed E-state index contributed by atoms with van der Waals surface area (Å²) in [5, 5.41) is 4.40. The number of nitrogens with zero attached hydrogens (tertiary/aromatic N) is 1. The molecule has 1 aliphatic rings. The summed E-state index contributed by atoms with van der Waals surface area (Å²) in [6, 6.07) is 4.96. The van der Waals surface area contributed by atoms with Gasteiger partial charge in [0.1, 0.15) is 10.8 Å². The van der Waals surface area contributed by atoms with Crippen LogP contribution in [0.2, 0.25) is 0 Å².